The molecular weight excluding hydrogens is 192 g/mol. The van der Waals surface area contributed by atoms with Gasteiger partial charge in [0.15, 0.2) is 0 Å². The molecule has 2 rings (SSSR count). The smallest absolute Gasteiger partial charge is 0.126 e. The van der Waals surface area contributed by atoms with Crippen LogP contribution in [0.4, 0.5) is 5.82 Å². The number of nitrogen functional groups attached to an aromatic ring is 1. The highest BCUT2D eigenvalue weighted by Crippen LogP contribution is 2.03. The molecule has 5 nitrogen and oxygen atoms in total. The predicted molar refractivity (Wildman–Crippen MR) is 57.4 cm³/mol. The summed E-state index contributed by atoms with van der Waals surface area (Å²) in [6.07, 6.45) is 2.44. The quantitative estimate of drug-likeness (QED) is 0.753. The van der Waals surface area contributed by atoms with Crippen molar-refractivity contribution in [3.05, 3.63) is 18.1 Å². The average Bonchev–Trinajstić information content (AvgIpc) is 2.28. The maximum Gasteiger partial charge on any atom is 0.126 e. The van der Waals surface area contributed by atoms with Gasteiger partial charge in [0.1, 0.15) is 12.1 Å². The third-order valence-electron chi connectivity index (χ3n) is 2.53. The number of nitrogens with two attached hydrogens (primary N) is 1. The summed E-state index contributed by atoms with van der Waals surface area (Å²) in [4.78, 5) is 10.4. The topological polar surface area (TPSA) is 64.3 Å². The van der Waals surface area contributed by atoms with Crippen molar-refractivity contribution >= 4 is 5.82 Å². The molecule has 0 saturated carbocycles. The van der Waals surface area contributed by atoms with Crippen LogP contribution in [0.25, 0.3) is 0 Å². The second-order valence-corrected chi connectivity index (χ2v) is 3.64. The first-order chi connectivity index (χ1) is 7.34. The van der Waals surface area contributed by atoms with Crippen LogP contribution in [-0.4, -0.2) is 47.7 Å². The van der Waals surface area contributed by atoms with Gasteiger partial charge in [0.2, 0.25) is 0 Å². The van der Waals surface area contributed by atoms with Crippen molar-refractivity contribution in [1.29, 1.82) is 0 Å². The predicted octanol–water partition coefficient (Wildman–Crippen LogP) is -0.0665. The van der Waals surface area contributed by atoms with E-state index in [2.05, 4.69) is 14.9 Å². The first-order valence-corrected chi connectivity index (χ1v) is 5.21. The molecule has 0 aromatic carbocycles. The molecule has 0 radical (unpaired) electrons. The molecule has 1 aromatic rings. The van der Waals surface area contributed by atoms with Crippen molar-refractivity contribution < 1.29 is 4.74 Å². The summed E-state index contributed by atoms with van der Waals surface area (Å²) in [6.45, 7) is 4.72. The molecule has 2 heterocycles. The maximum absolute atomic E-state index is 5.58. The normalized spacial score (nSPS) is 17.9. The first-order valence-electron chi connectivity index (χ1n) is 5.21. The summed E-state index contributed by atoms with van der Waals surface area (Å²) in [7, 11) is 0. The van der Waals surface area contributed by atoms with Gasteiger partial charge >= 0.3 is 0 Å². The van der Waals surface area contributed by atoms with Gasteiger partial charge in [-0.25, -0.2) is 9.97 Å². The lowest BCUT2D eigenvalue weighted by molar-refractivity contribution is 0.0383. The van der Waals surface area contributed by atoms with Crippen molar-refractivity contribution in [3.8, 4) is 0 Å². The van der Waals surface area contributed by atoms with E-state index in [-0.39, 0.29) is 0 Å². The second-order valence-electron chi connectivity index (χ2n) is 3.64. The molecule has 0 atom stereocenters. The number of rotatable bonds is 3. The zero-order valence-corrected chi connectivity index (χ0v) is 8.72. The SMILES string of the molecule is Nc1cc(CCN2CCOCC2)ncn1. The molecule has 15 heavy (non-hydrogen) atoms. The Morgan fingerprint density at radius 1 is 1.33 bits per heavy atom. The van der Waals surface area contributed by atoms with E-state index in [1.165, 1.54) is 6.33 Å². The first kappa shape index (κ1) is 10.3. The summed E-state index contributed by atoms with van der Waals surface area (Å²) in [5.74, 6) is 0.543. The molecule has 0 spiro atoms. The van der Waals surface area contributed by atoms with Gasteiger partial charge in [-0.3, -0.25) is 4.90 Å². The molecule has 1 aromatic heterocycles. The Hall–Kier alpha value is -1.20. The van der Waals surface area contributed by atoms with Crippen molar-refractivity contribution in [2.75, 3.05) is 38.6 Å². The number of hydrogen-bond acceptors (Lipinski definition) is 5. The molecule has 0 aliphatic carbocycles. The molecule has 1 aliphatic heterocycles. The zero-order chi connectivity index (χ0) is 10.5. The Morgan fingerprint density at radius 2 is 2.13 bits per heavy atom. The van der Waals surface area contributed by atoms with Crippen LogP contribution in [0.15, 0.2) is 12.4 Å². The highest BCUT2D eigenvalue weighted by molar-refractivity contribution is 5.27. The van der Waals surface area contributed by atoms with Gasteiger partial charge in [0.05, 0.1) is 13.2 Å². The average molecular weight is 208 g/mol. The summed E-state index contributed by atoms with van der Waals surface area (Å²) in [5, 5.41) is 0. The van der Waals surface area contributed by atoms with Crippen molar-refractivity contribution in [1.82, 2.24) is 14.9 Å². The molecule has 0 unspecified atom stereocenters. The van der Waals surface area contributed by atoms with E-state index in [4.69, 9.17) is 10.5 Å². The fraction of sp³-hybridized carbons (Fsp3) is 0.600. The number of hydrogen-bond donors (Lipinski definition) is 1. The van der Waals surface area contributed by atoms with Gasteiger partial charge in [0, 0.05) is 37.8 Å². The highest BCUT2D eigenvalue weighted by Gasteiger charge is 2.10. The van der Waals surface area contributed by atoms with Gasteiger partial charge in [0.25, 0.3) is 0 Å². The Balaban J connectivity index is 1.81. The molecule has 0 bridgehead atoms. The highest BCUT2D eigenvalue weighted by atomic mass is 16.5. The number of nitrogens with zero attached hydrogens (tertiary/aromatic N) is 3. The molecule has 0 amide bonds. The second kappa shape index (κ2) is 5.04. The van der Waals surface area contributed by atoms with E-state index in [0.717, 1.165) is 45.0 Å². The van der Waals surface area contributed by atoms with Crippen LogP contribution in [0.5, 0.6) is 0 Å². The minimum atomic E-state index is 0.543. The summed E-state index contributed by atoms with van der Waals surface area (Å²) >= 11 is 0. The Kier molecular flexibility index (Phi) is 3.47. The van der Waals surface area contributed by atoms with Gasteiger partial charge in [-0.05, 0) is 0 Å². The van der Waals surface area contributed by atoms with Gasteiger partial charge < -0.3 is 10.5 Å². The molecule has 1 aliphatic rings. The minimum Gasteiger partial charge on any atom is -0.384 e. The molecular formula is C10H16N4O. The van der Waals surface area contributed by atoms with Gasteiger partial charge in [-0.15, -0.1) is 0 Å². The van der Waals surface area contributed by atoms with Crippen LogP contribution in [-0.2, 0) is 11.2 Å². The van der Waals surface area contributed by atoms with E-state index in [0.29, 0.717) is 5.82 Å². The van der Waals surface area contributed by atoms with E-state index < -0.39 is 0 Å². The molecule has 82 valence electrons. The zero-order valence-electron chi connectivity index (χ0n) is 8.72. The standard InChI is InChI=1S/C10H16N4O/c11-10-7-9(12-8-13-10)1-2-14-3-5-15-6-4-14/h7-8H,1-6H2,(H2,11,12,13). The van der Waals surface area contributed by atoms with Crippen LogP contribution >= 0.6 is 0 Å². The monoisotopic (exact) mass is 208 g/mol. The van der Waals surface area contributed by atoms with Crippen molar-refractivity contribution in [3.63, 3.8) is 0 Å². The molecule has 1 fully saturated rings. The molecule has 2 N–H and O–H groups in total. The third kappa shape index (κ3) is 3.14. The lowest BCUT2D eigenvalue weighted by Gasteiger charge is -2.26. The van der Waals surface area contributed by atoms with Crippen molar-refractivity contribution in [2.45, 2.75) is 6.42 Å². The van der Waals surface area contributed by atoms with E-state index in [1.807, 2.05) is 6.07 Å². The number of ether oxygens (including phenoxy) is 1. The lowest BCUT2D eigenvalue weighted by atomic mass is 10.2. The summed E-state index contributed by atoms with van der Waals surface area (Å²) in [6, 6.07) is 1.83. The van der Waals surface area contributed by atoms with Crippen LogP contribution in [0.3, 0.4) is 0 Å². The number of anilines is 1. The third-order valence-corrected chi connectivity index (χ3v) is 2.53. The Bertz CT molecular complexity index is 312. The van der Waals surface area contributed by atoms with Crippen LogP contribution in [0, 0.1) is 0 Å². The fourth-order valence-electron chi connectivity index (χ4n) is 1.65. The van der Waals surface area contributed by atoms with E-state index in [9.17, 15) is 0 Å². The lowest BCUT2D eigenvalue weighted by Crippen LogP contribution is -2.37. The van der Waals surface area contributed by atoms with Gasteiger partial charge in [-0.2, -0.15) is 0 Å². The Morgan fingerprint density at radius 3 is 2.87 bits per heavy atom. The van der Waals surface area contributed by atoms with Crippen LogP contribution in [0.2, 0.25) is 0 Å². The van der Waals surface area contributed by atoms with E-state index >= 15 is 0 Å². The number of morpholine rings is 1. The van der Waals surface area contributed by atoms with Gasteiger partial charge in [-0.1, -0.05) is 0 Å². The maximum atomic E-state index is 5.58. The molecule has 5 heteroatoms. The fourth-order valence-corrected chi connectivity index (χ4v) is 1.65. The van der Waals surface area contributed by atoms with Crippen LogP contribution in [0.1, 0.15) is 5.69 Å². The van der Waals surface area contributed by atoms with Crippen LogP contribution < -0.4 is 5.73 Å². The largest absolute Gasteiger partial charge is 0.384 e. The summed E-state index contributed by atoms with van der Waals surface area (Å²) in [5.41, 5.74) is 6.59. The minimum absolute atomic E-state index is 0.543. The summed E-state index contributed by atoms with van der Waals surface area (Å²) < 4.78 is 5.28. The Labute approximate surface area is 89.3 Å². The molecule has 1 saturated heterocycles. The van der Waals surface area contributed by atoms with E-state index in [1.54, 1.807) is 0 Å². The van der Waals surface area contributed by atoms with Crippen molar-refractivity contribution in [2.24, 2.45) is 0 Å². The number of aromatic nitrogens is 2.